The van der Waals surface area contributed by atoms with Gasteiger partial charge in [-0.15, -0.1) is 0 Å². The summed E-state index contributed by atoms with van der Waals surface area (Å²) in [5.74, 6) is 2.06. The molecule has 0 aromatic heterocycles. The number of rotatable bonds is 0. The fourth-order valence-electron chi connectivity index (χ4n) is 0.798. The van der Waals surface area contributed by atoms with Crippen LogP contribution in [0.1, 0.15) is 6.92 Å². The third kappa shape index (κ3) is 1.60. The fraction of sp³-hybridized carbons (Fsp3) is 0.833. The van der Waals surface area contributed by atoms with Crippen LogP contribution < -0.4 is 5.32 Å². The lowest BCUT2D eigenvalue weighted by atomic mass is 10.1. The van der Waals surface area contributed by atoms with Crippen LogP contribution in [0.2, 0.25) is 0 Å². The molecule has 3 heteroatoms. The van der Waals surface area contributed by atoms with Gasteiger partial charge in [-0.2, -0.15) is 17.0 Å². The third-order valence-corrected chi connectivity index (χ3v) is 2.67. The van der Waals surface area contributed by atoms with E-state index in [1.807, 2.05) is 18.7 Å². The van der Waals surface area contributed by atoms with Gasteiger partial charge in [0.15, 0.2) is 0 Å². The second-order valence-corrected chi connectivity index (χ2v) is 3.53. The topological polar surface area (TPSA) is 35.8 Å². The van der Waals surface area contributed by atoms with Crippen LogP contribution in [0.25, 0.3) is 0 Å². The van der Waals surface area contributed by atoms with Crippen LogP contribution in [-0.4, -0.2) is 23.6 Å². The molecule has 0 aliphatic carbocycles. The van der Waals surface area contributed by atoms with Gasteiger partial charge >= 0.3 is 0 Å². The van der Waals surface area contributed by atoms with E-state index in [1.165, 1.54) is 0 Å². The Kier molecular flexibility index (Phi) is 1.99. The van der Waals surface area contributed by atoms with Gasteiger partial charge in [0.2, 0.25) is 0 Å². The Bertz CT molecular complexity index is 132. The van der Waals surface area contributed by atoms with E-state index in [0.29, 0.717) is 0 Å². The van der Waals surface area contributed by atoms with Gasteiger partial charge in [0.05, 0.1) is 6.07 Å². The molecule has 1 fully saturated rings. The first-order valence-corrected chi connectivity index (χ1v) is 4.16. The standard InChI is InChI=1S/C6H10N2S/c1-6(4-7)5-9-3-2-8-6/h8H,2-3,5H2,1H3. The van der Waals surface area contributed by atoms with Crippen LogP contribution >= 0.6 is 11.8 Å². The zero-order chi connectivity index (χ0) is 6.74. The smallest absolute Gasteiger partial charge is 0.113 e. The molecule has 1 heterocycles. The van der Waals surface area contributed by atoms with Gasteiger partial charge in [-0.05, 0) is 6.92 Å². The zero-order valence-corrected chi connectivity index (χ0v) is 6.29. The van der Waals surface area contributed by atoms with Crippen molar-refractivity contribution in [1.29, 1.82) is 5.26 Å². The van der Waals surface area contributed by atoms with Crippen LogP contribution in [0.3, 0.4) is 0 Å². The molecule has 9 heavy (non-hydrogen) atoms. The van der Waals surface area contributed by atoms with Crippen molar-refractivity contribution in [3.8, 4) is 6.07 Å². The summed E-state index contributed by atoms with van der Waals surface area (Å²) in [6.07, 6.45) is 0. The van der Waals surface area contributed by atoms with Gasteiger partial charge in [0.1, 0.15) is 5.54 Å². The lowest BCUT2D eigenvalue weighted by molar-refractivity contribution is 0.502. The molecular weight excluding hydrogens is 132 g/mol. The Morgan fingerprint density at radius 3 is 2.89 bits per heavy atom. The second kappa shape index (κ2) is 2.59. The molecule has 1 atom stereocenters. The summed E-state index contributed by atoms with van der Waals surface area (Å²) in [4.78, 5) is 0. The van der Waals surface area contributed by atoms with E-state index in [1.54, 1.807) is 0 Å². The molecule has 0 amide bonds. The number of hydrogen-bond acceptors (Lipinski definition) is 3. The molecule has 1 rings (SSSR count). The van der Waals surface area contributed by atoms with Gasteiger partial charge in [-0.3, -0.25) is 5.32 Å². The predicted molar refractivity (Wildman–Crippen MR) is 39.3 cm³/mol. The Morgan fingerprint density at radius 2 is 2.56 bits per heavy atom. The van der Waals surface area contributed by atoms with E-state index in [-0.39, 0.29) is 5.54 Å². The minimum Gasteiger partial charge on any atom is -0.298 e. The highest BCUT2D eigenvalue weighted by Crippen LogP contribution is 2.15. The van der Waals surface area contributed by atoms with Crippen LogP contribution in [0, 0.1) is 11.3 Å². The molecule has 0 bridgehead atoms. The molecule has 0 saturated carbocycles. The highest BCUT2D eigenvalue weighted by Gasteiger charge is 2.25. The molecule has 1 aliphatic rings. The molecule has 0 radical (unpaired) electrons. The average molecular weight is 142 g/mol. The molecule has 1 N–H and O–H groups in total. The van der Waals surface area contributed by atoms with Crippen LogP contribution in [0.5, 0.6) is 0 Å². The van der Waals surface area contributed by atoms with Crippen molar-refractivity contribution in [3.05, 3.63) is 0 Å². The molecule has 0 aromatic carbocycles. The predicted octanol–water partition coefficient (Wildman–Crippen LogP) is 0.605. The molecule has 1 aliphatic heterocycles. The fourth-order valence-corrected chi connectivity index (χ4v) is 1.76. The summed E-state index contributed by atoms with van der Waals surface area (Å²) in [6, 6.07) is 2.25. The first-order chi connectivity index (χ1) is 4.27. The molecule has 0 spiro atoms. The number of hydrogen-bond donors (Lipinski definition) is 1. The van der Waals surface area contributed by atoms with E-state index in [4.69, 9.17) is 5.26 Å². The summed E-state index contributed by atoms with van der Waals surface area (Å²) in [5, 5.41) is 11.8. The monoisotopic (exact) mass is 142 g/mol. The van der Waals surface area contributed by atoms with Crippen molar-refractivity contribution in [1.82, 2.24) is 5.32 Å². The molecule has 2 nitrogen and oxygen atoms in total. The number of nitrogens with one attached hydrogen (secondary N) is 1. The van der Waals surface area contributed by atoms with E-state index >= 15 is 0 Å². The molecule has 1 unspecified atom stereocenters. The Labute approximate surface area is 59.6 Å². The number of nitrogens with zero attached hydrogens (tertiary/aromatic N) is 1. The largest absolute Gasteiger partial charge is 0.298 e. The van der Waals surface area contributed by atoms with Crippen LogP contribution in [-0.2, 0) is 0 Å². The molecular formula is C6H10N2S. The van der Waals surface area contributed by atoms with E-state index < -0.39 is 0 Å². The first-order valence-electron chi connectivity index (χ1n) is 3.01. The minimum absolute atomic E-state index is 0.261. The highest BCUT2D eigenvalue weighted by molar-refractivity contribution is 7.99. The summed E-state index contributed by atoms with van der Waals surface area (Å²) in [5.41, 5.74) is -0.261. The lowest BCUT2D eigenvalue weighted by Crippen LogP contribution is -2.47. The first kappa shape index (κ1) is 6.91. The SMILES string of the molecule is CC1(C#N)CSCCN1. The maximum absolute atomic E-state index is 8.62. The lowest BCUT2D eigenvalue weighted by Gasteiger charge is -2.27. The van der Waals surface area contributed by atoms with Gasteiger partial charge < -0.3 is 0 Å². The maximum Gasteiger partial charge on any atom is 0.113 e. The van der Waals surface area contributed by atoms with Crippen molar-refractivity contribution in [2.45, 2.75) is 12.5 Å². The maximum atomic E-state index is 8.62. The van der Waals surface area contributed by atoms with E-state index in [2.05, 4.69) is 11.4 Å². The molecule has 1 saturated heterocycles. The van der Waals surface area contributed by atoms with Crippen molar-refractivity contribution in [3.63, 3.8) is 0 Å². The highest BCUT2D eigenvalue weighted by atomic mass is 32.2. The number of thioether (sulfide) groups is 1. The number of nitriles is 1. The molecule has 50 valence electrons. The van der Waals surface area contributed by atoms with E-state index in [0.717, 1.165) is 18.1 Å². The van der Waals surface area contributed by atoms with Crippen molar-refractivity contribution >= 4 is 11.8 Å². The summed E-state index contributed by atoms with van der Waals surface area (Å²) >= 11 is 1.84. The molecule has 0 aromatic rings. The second-order valence-electron chi connectivity index (χ2n) is 2.42. The Morgan fingerprint density at radius 1 is 1.78 bits per heavy atom. The van der Waals surface area contributed by atoms with E-state index in [9.17, 15) is 0 Å². The summed E-state index contributed by atoms with van der Waals surface area (Å²) in [7, 11) is 0. The van der Waals surface area contributed by atoms with Crippen LogP contribution in [0.15, 0.2) is 0 Å². The van der Waals surface area contributed by atoms with Gasteiger partial charge in [-0.25, -0.2) is 0 Å². The normalized spacial score (nSPS) is 35.6. The van der Waals surface area contributed by atoms with Crippen molar-refractivity contribution in [2.24, 2.45) is 0 Å². The van der Waals surface area contributed by atoms with Crippen LogP contribution in [0.4, 0.5) is 0 Å². The average Bonchev–Trinajstić information content (AvgIpc) is 1.90. The van der Waals surface area contributed by atoms with Gasteiger partial charge in [0.25, 0.3) is 0 Å². The summed E-state index contributed by atoms with van der Waals surface area (Å²) < 4.78 is 0. The van der Waals surface area contributed by atoms with Crippen molar-refractivity contribution in [2.75, 3.05) is 18.1 Å². The zero-order valence-electron chi connectivity index (χ0n) is 5.48. The summed E-state index contributed by atoms with van der Waals surface area (Å²) in [6.45, 7) is 2.91. The quantitative estimate of drug-likeness (QED) is 0.538. The Hall–Kier alpha value is -0.200. The van der Waals surface area contributed by atoms with Gasteiger partial charge in [-0.1, -0.05) is 0 Å². The Balaban J connectivity index is 2.49. The minimum atomic E-state index is -0.261. The third-order valence-electron chi connectivity index (χ3n) is 1.40. The van der Waals surface area contributed by atoms with Gasteiger partial charge in [0, 0.05) is 18.1 Å². The van der Waals surface area contributed by atoms with Crippen molar-refractivity contribution < 1.29 is 0 Å².